The largest absolute Gasteiger partial charge is 0.370 e. The van der Waals surface area contributed by atoms with Gasteiger partial charge >= 0.3 is 0 Å². The predicted molar refractivity (Wildman–Crippen MR) is 58.7 cm³/mol. The van der Waals surface area contributed by atoms with Crippen molar-refractivity contribution in [2.24, 2.45) is 5.73 Å². The van der Waals surface area contributed by atoms with Crippen LogP contribution in [0.4, 0.5) is 0 Å². The summed E-state index contributed by atoms with van der Waals surface area (Å²) >= 11 is 11.7. The average Bonchev–Trinajstić information content (AvgIpc) is 2.00. The lowest BCUT2D eigenvalue weighted by atomic mass is 9.98. The first kappa shape index (κ1) is 11.3. The minimum Gasteiger partial charge on any atom is -0.370 e. The zero-order chi connectivity index (χ0) is 10.7. The van der Waals surface area contributed by atoms with Crippen LogP contribution in [0.15, 0.2) is 18.2 Å². The molecule has 0 bridgehead atoms. The molecule has 1 rings (SSSR count). The van der Waals surface area contributed by atoms with Gasteiger partial charge in [-0.1, -0.05) is 30.1 Å². The number of benzene rings is 1. The molecular formula is C10H11Cl2NO. The van der Waals surface area contributed by atoms with E-state index < -0.39 is 0 Å². The van der Waals surface area contributed by atoms with Gasteiger partial charge in [0.1, 0.15) is 0 Å². The normalized spacial score (nSPS) is 12.5. The maximum absolute atomic E-state index is 10.7. The van der Waals surface area contributed by atoms with Crippen LogP contribution in [0, 0.1) is 0 Å². The number of primary amides is 1. The van der Waals surface area contributed by atoms with Crippen molar-refractivity contribution >= 4 is 29.1 Å². The highest BCUT2D eigenvalue weighted by molar-refractivity contribution is 6.34. The molecule has 0 radical (unpaired) electrons. The first-order chi connectivity index (χ1) is 6.49. The summed E-state index contributed by atoms with van der Waals surface area (Å²) in [5.74, 6) is -0.280. The summed E-state index contributed by atoms with van der Waals surface area (Å²) in [6.07, 6.45) is 0.302. The number of hydrogen-bond donors (Lipinski definition) is 1. The van der Waals surface area contributed by atoms with Crippen LogP contribution in [0.3, 0.4) is 0 Å². The van der Waals surface area contributed by atoms with Gasteiger partial charge in [0.25, 0.3) is 0 Å². The highest BCUT2D eigenvalue weighted by atomic mass is 35.5. The highest BCUT2D eigenvalue weighted by Gasteiger charge is 2.10. The number of carbonyl (C=O) groups is 1. The molecule has 0 saturated carbocycles. The minimum atomic E-state index is -0.325. The van der Waals surface area contributed by atoms with Gasteiger partial charge in [-0.15, -0.1) is 0 Å². The summed E-state index contributed by atoms with van der Waals surface area (Å²) in [5, 5.41) is 1.15. The van der Waals surface area contributed by atoms with Gasteiger partial charge in [0.2, 0.25) is 5.91 Å². The fraction of sp³-hybridized carbons (Fsp3) is 0.300. The van der Waals surface area contributed by atoms with E-state index in [1.165, 1.54) is 0 Å². The van der Waals surface area contributed by atoms with Crippen molar-refractivity contribution in [2.45, 2.75) is 19.3 Å². The number of halogens is 2. The van der Waals surface area contributed by atoms with Crippen molar-refractivity contribution in [3.8, 4) is 0 Å². The third-order valence-electron chi connectivity index (χ3n) is 1.96. The van der Waals surface area contributed by atoms with Gasteiger partial charge in [0.15, 0.2) is 0 Å². The van der Waals surface area contributed by atoms with E-state index in [2.05, 4.69) is 0 Å². The van der Waals surface area contributed by atoms with Gasteiger partial charge in [0, 0.05) is 16.5 Å². The molecule has 2 N–H and O–H groups in total. The predicted octanol–water partition coefficient (Wildman–Crippen LogP) is 2.97. The van der Waals surface area contributed by atoms with Crippen LogP contribution in [0.1, 0.15) is 24.8 Å². The molecule has 1 aromatic rings. The summed E-state index contributed by atoms with van der Waals surface area (Å²) in [6, 6.07) is 5.24. The number of nitrogens with two attached hydrogens (primary N) is 1. The van der Waals surface area contributed by atoms with E-state index in [0.717, 1.165) is 5.56 Å². The lowest BCUT2D eigenvalue weighted by Crippen LogP contribution is -2.13. The van der Waals surface area contributed by atoms with E-state index in [4.69, 9.17) is 28.9 Å². The number of carbonyl (C=O) groups excluding carboxylic acids is 1. The standard InChI is InChI=1S/C10H11Cl2NO/c1-6(2-10(13)14)7-3-8(11)5-9(12)4-7/h3-6H,2H2,1H3,(H2,13,14). The van der Waals surface area contributed by atoms with Crippen molar-refractivity contribution in [1.82, 2.24) is 0 Å². The Labute approximate surface area is 93.0 Å². The van der Waals surface area contributed by atoms with E-state index in [-0.39, 0.29) is 11.8 Å². The molecule has 2 nitrogen and oxygen atoms in total. The second kappa shape index (κ2) is 4.67. The smallest absolute Gasteiger partial charge is 0.218 e. The van der Waals surface area contributed by atoms with E-state index in [0.29, 0.717) is 16.5 Å². The molecule has 1 aromatic carbocycles. The van der Waals surface area contributed by atoms with E-state index in [1.807, 2.05) is 6.92 Å². The minimum absolute atomic E-state index is 0.0451. The molecule has 0 aromatic heterocycles. The average molecular weight is 232 g/mol. The van der Waals surface area contributed by atoms with Crippen LogP contribution in [0.25, 0.3) is 0 Å². The number of amides is 1. The fourth-order valence-corrected chi connectivity index (χ4v) is 1.82. The molecule has 14 heavy (non-hydrogen) atoms. The number of rotatable bonds is 3. The van der Waals surface area contributed by atoms with E-state index in [1.54, 1.807) is 18.2 Å². The van der Waals surface area contributed by atoms with Gasteiger partial charge in [-0.05, 0) is 29.7 Å². The van der Waals surface area contributed by atoms with Crippen molar-refractivity contribution in [1.29, 1.82) is 0 Å². The molecule has 1 amide bonds. The molecule has 1 atom stereocenters. The molecule has 0 aliphatic carbocycles. The summed E-state index contributed by atoms with van der Waals surface area (Å²) in [6.45, 7) is 1.91. The Kier molecular flexibility index (Phi) is 3.78. The van der Waals surface area contributed by atoms with Crippen LogP contribution in [0.5, 0.6) is 0 Å². The van der Waals surface area contributed by atoms with Crippen LogP contribution < -0.4 is 5.73 Å². The monoisotopic (exact) mass is 231 g/mol. The first-order valence-corrected chi connectivity index (χ1v) is 4.99. The maximum atomic E-state index is 10.7. The first-order valence-electron chi connectivity index (χ1n) is 4.23. The molecule has 0 fully saturated rings. The summed E-state index contributed by atoms with van der Waals surface area (Å²) in [4.78, 5) is 10.7. The van der Waals surface area contributed by atoms with Crippen molar-refractivity contribution < 1.29 is 4.79 Å². The zero-order valence-electron chi connectivity index (χ0n) is 7.76. The molecule has 0 aliphatic heterocycles. The van der Waals surface area contributed by atoms with Crippen LogP contribution in [0.2, 0.25) is 10.0 Å². The summed E-state index contributed by atoms with van der Waals surface area (Å²) in [7, 11) is 0. The molecule has 4 heteroatoms. The topological polar surface area (TPSA) is 43.1 Å². The Hall–Kier alpha value is -0.730. The second-order valence-electron chi connectivity index (χ2n) is 3.27. The number of hydrogen-bond acceptors (Lipinski definition) is 1. The van der Waals surface area contributed by atoms with E-state index in [9.17, 15) is 4.79 Å². The van der Waals surface area contributed by atoms with E-state index >= 15 is 0 Å². The fourth-order valence-electron chi connectivity index (χ4n) is 1.28. The second-order valence-corrected chi connectivity index (χ2v) is 4.15. The van der Waals surface area contributed by atoms with Crippen LogP contribution in [-0.4, -0.2) is 5.91 Å². The summed E-state index contributed by atoms with van der Waals surface area (Å²) in [5.41, 5.74) is 6.03. The Morgan fingerprint density at radius 1 is 1.36 bits per heavy atom. The third-order valence-corrected chi connectivity index (χ3v) is 2.40. The quantitative estimate of drug-likeness (QED) is 0.855. The van der Waals surface area contributed by atoms with Crippen molar-refractivity contribution in [3.05, 3.63) is 33.8 Å². The highest BCUT2D eigenvalue weighted by Crippen LogP contribution is 2.26. The molecule has 0 spiro atoms. The molecule has 1 unspecified atom stereocenters. The molecule has 76 valence electrons. The Balaban J connectivity index is 2.89. The van der Waals surface area contributed by atoms with Crippen molar-refractivity contribution in [3.63, 3.8) is 0 Å². The van der Waals surface area contributed by atoms with Gasteiger partial charge in [-0.25, -0.2) is 0 Å². The molecule has 0 heterocycles. The lowest BCUT2D eigenvalue weighted by Gasteiger charge is -2.10. The Morgan fingerprint density at radius 3 is 2.29 bits per heavy atom. The van der Waals surface area contributed by atoms with Gasteiger partial charge in [-0.3, -0.25) is 4.79 Å². The zero-order valence-corrected chi connectivity index (χ0v) is 9.27. The molecule has 0 aliphatic rings. The third kappa shape index (κ3) is 3.20. The van der Waals surface area contributed by atoms with Gasteiger partial charge in [-0.2, -0.15) is 0 Å². The van der Waals surface area contributed by atoms with Crippen LogP contribution >= 0.6 is 23.2 Å². The van der Waals surface area contributed by atoms with Crippen molar-refractivity contribution in [2.75, 3.05) is 0 Å². The SMILES string of the molecule is CC(CC(N)=O)c1cc(Cl)cc(Cl)c1. The Morgan fingerprint density at radius 2 is 1.86 bits per heavy atom. The maximum Gasteiger partial charge on any atom is 0.218 e. The summed E-state index contributed by atoms with van der Waals surface area (Å²) < 4.78 is 0. The van der Waals surface area contributed by atoms with Gasteiger partial charge in [0.05, 0.1) is 0 Å². The van der Waals surface area contributed by atoms with Gasteiger partial charge < -0.3 is 5.73 Å². The molecule has 0 saturated heterocycles. The lowest BCUT2D eigenvalue weighted by molar-refractivity contribution is -0.118. The Bertz CT molecular complexity index is 332. The van der Waals surface area contributed by atoms with Crippen LogP contribution in [-0.2, 0) is 4.79 Å². The molecular weight excluding hydrogens is 221 g/mol.